The van der Waals surface area contributed by atoms with E-state index in [0.29, 0.717) is 16.8 Å². The molecule has 0 spiro atoms. The number of rotatable bonds is 7. The fourth-order valence-electron chi connectivity index (χ4n) is 4.24. The second kappa shape index (κ2) is 10.7. The molecule has 8 nitrogen and oxygen atoms in total. The van der Waals surface area contributed by atoms with Crippen molar-refractivity contribution in [3.05, 3.63) is 72.2 Å². The summed E-state index contributed by atoms with van der Waals surface area (Å²) in [7, 11) is -1.40. The molecule has 3 aromatic heterocycles. The Morgan fingerprint density at radius 1 is 1.07 bits per heavy atom. The lowest BCUT2D eigenvalue weighted by molar-refractivity contribution is 0.0283. The number of anilines is 1. The number of aliphatic hydroxyl groups is 1. The summed E-state index contributed by atoms with van der Waals surface area (Å²) >= 11 is 0. The van der Waals surface area contributed by atoms with Crippen molar-refractivity contribution in [2.45, 2.75) is 45.2 Å². The van der Waals surface area contributed by atoms with Crippen LogP contribution in [0.4, 0.5) is 5.82 Å². The summed E-state index contributed by atoms with van der Waals surface area (Å²) in [5.74, 6) is 5.52. The molecular weight excluding hydrogens is 518 g/mol. The fourth-order valence-corrected chi connectivity index (χ4v) is 4.76. The Bertz CT molecular complexity index is 1610. The van der Waals surface area contributed by atoms with Crippen LogP contribution in [0, 0.1) is 22.8 Å². The average molecular weight is 552 g/mol. The molecule has 0 unspecified atom stereocenters. The third-order valence-corrected chi connectivity index (χ3v) is 7.14. The highest BCUT2D eigenvalue weighted by molar-refractivity contribution is 6.83. The highest BCUT2D eigenvalue weighted by Crippen LogP contribution is 2.32. The van der Waals surface area contributed by atoms with Crippen LogP contribution in [0.1, 0.15) is 25.0 Å². The first-order chi connectivity index (χ1) is 19.0. The van der Waals surface area contributed by atoms with E-state index in [2.05, 4.69) is 47.2 Å². The summed E-state index contributed by atoms with van der Waals surface area (Å²) in [6.07, 6.45) is 5.14. The number of pyridine rings is 2. The van der Waals surface area contributed by atoms with Crippen LogP contribution in [-0.4, -0.2) is 59.2 Å². The molecule has 0 bridgehead atoms. The van der Waals surface area contributed by atoms with Crippen LogP contribution in [0.25, 0.3) is 16.6 Å². The second-order valence-corrected chi connectivity index (χ2v) is 16.5. The number of aromatic nitrogens is 3. The van der Waals surface area contributed by atoms with E-state index in [-0.39, 0.29) is 12.7 Å². The van der Waals surface area contributed by atoms with E-state index in [9.17, 15) is 10.4 Å². The van der Waals surface area contributed by atoms with E-state index in [4.69, 9.17) is 14.5 Å². The largest absolute Gasteiger partial charge is 0.489 e. The summed E-state index contributed by atoms with van der Waals surface area (Å²) in [5, 5.41) is 24.0. The zero-order chi connectivity index (χ0) is 28.5. The Morgan fingerprint density at radius 3 is 2.45 bits per heavy atom. The molecule has 5 rings (SSSR count). The Labute approximate surface area is 235 Å². The molecule has 0 amide bonds. The van der Waals surface area contributed by atoms with Crippen LogP contribution in [0.2, 0.25) is 19.6 Å². The maximum absolute atomic E-state index is 10.1. The number of nitriles is 1. The van der Waals surface area contributed by atoms with Gasteiger partial charge in [-0.25, -0.2) is 9.50 Å². The minimum atomic E-state index is -1.40. The number of hydrogen-bond acceptors (Lipinski definition) is 7. The van der Waals surface area contributed by atoms with Gasteiger partial charge in [-0.1, -0.05) is 25.6 Å². The third-order valence-electron chi connectivity index (χ3n) is 6.27. The molecule has 0 aliphatic carbocycles. The zero-order valence-corrected chi connectivity index (χ0v) is 24.5. The van der Waals surface area contributed by atoms with Crippen LogP contribution >= 0.6 is 0 Å². The van der Waals surface area contributed by atoms with Gasteiger partial charge >= 0.3 is 0 Å². The predicted octanol–water partition coefficient (Wildman–Crippen LogP) is 4.91. The first kappa shape index (κ1) is 27.3. The smallest absolute Gasteiger partial charge is 0.138 e. The summed E-state index contributed by atoms with van der Waals surface area (Å²) < 4.78 is 13.6. The fraction of sp³-hybridized carbons (Fsp3) is 0.323. The van der Waals surface area contributed by atoms with Gasteiger partial charge in [0.1, 0.15) is 44.2 Å². The highest BCUT2D eigenvalue weighted by atomic mass is 28.3. The molecule has 0 atom stereocenters. The highest BCUT2D eigenvalue weighted by Gasteiger charge is 2.29. The van der Waals surface area contributed by atoms with Gasteiger partial charge in [-0.2, -0.15) is 10.4 Å². The lowest BCUT2D eigenvalue weighted by atomic mass is 10.0. The lowest BCUT2D eigenvalue weighted by Crippen LogP contribution is -2.54. The molecule has 1 fully saturated rings. The molecule has 1 N–H and O–H groups in total. The monoisotopic (exact) mass is 551 g/mol. The molecule has 4 aromatic rings. The molecule has 1 saturated heterocycles. The Balaban J connectivity index is 1.26. The second-order valence-electron chi connectivity index (χ2n) is 11.7. The Kier molecular flexibility index (Phi) is 7.28. The van der Waals surface area contributed by atoms with Crippen LogP contribution in [0.15, 0.2) is 61.1 Å². The number of hydrogen-bond donors (Lipinski definition) is 1. The summed E-state index contributed by atoms with van der Waals surface area (Å²) in [5.41, 5.74) is 6.18. The van der Waals surface area contributed by atoms with Gasteiger partial charge in [0.05, 0.1) is 42.2 Å². The van der Waals surface area contributed by atoms with E-state index in [1.165, 1.54) is 6.20 Å². The molecule has 1 aliphatic rings. The minimum absolute atomic E-state index is 0.0922. The number of nitrogens with zero attached hydrogens (tertiary/aromatic N) is 5. The Hall–Kier alpha value is -4.31. The minimum Gasteiger partial charge on any atom is -0.489 e. The summed E-state index contributed by atoms with van der Waals surface area (Å²) in [6.45, 7) is 11.7. The molecule has 9 heteroatoms. The van der Waals surface area contributed by atoms with Crippen molar-refractivity contribution in [1.82, 2.24) is 14.6 Å². The van der Waals surface area contributed by atoms with Crippen molar-refractivity contribution >= 4 is 19.4 Å². The molecular formula is C31H33N5O3Si. The SMILES string of the molecule is CC(C)(O)COc1cc(-c2ccc(N3CC(Oc4ccc(C#C[Si](C)(C)C)cc4)C3)nc2)c2c(C#N)cnn2c1. The van der Waals surface area contributed by atoms with Crippen molar-refractivity contribution in [3.8, 4) is 40.2 Å². The van der Waals surface area contributed by atoms with Crippen molar-refractivity contribution in [1.29, 1.82) is 5.26 Å². The molecule has 1 aliphatic heterocycles. The first-order valence-electron chi connectivity index (χ1n) is 13.3. The van der Waals surface area contributed by atoms with Gasteiger partial charge in [-0.15, -0.1) is 5.54 Å². The van der Waals surface area contributed by atoms with Gasteiger partial charge < -0.3 is 19.5 Å². The van der Waals surface area contributed by atoms with E-state index in [1.807, 2.05) is 42.5 Å². The van der Waals surface area contributed by atoms with Crippen molar-refractivity contribution in [3.63, 3.8) is 0 Å². The van der Waals surface area contributed by atoms with Crippen molar-refractivity contribution in [2.75, 3.05) is 24.6 Å². The van der Waals surface area contributed by atoms with E-state index in [0.717, 1.165) is 41.3 Å². The molecule has 0 saturated carbocycles. The normalized spacial score (nSPS) is 13.8. The van der Waals surface area contributed by atoms with Gasteiger partial charge in [0.25, 0.3) is 0 Å². The zero-order valence-electron chi connectivity index (χ0n) is 23.5. The van der Waals surface area contributed by atoms with Gasteiger partial charge in [0.2, 0.25) is 0 Å². The first-order valence-corrected chi connectivity index (χ1v) is 16.8. The van der Waals surface area contributed by atoms with Crippen LogP contribution in [0.5, 0.6) is 11.5 Å². The number of ether oxygens (including phenoxy) is 2. The predicted molar refractivity (Wildman–Crippen MR) is 158 cm³/mol. The van der Waals surface area contributed by atoms with E-state index < -0.39 is 13.7 Å². The third kappa shape index (κ3) is 6.45. The van der Waals surface area contributed by atoms with Gasteiger partial charge in [0, 0.05) is 22.9 Å². The topological polar surface area (TPSA) is 95.9 Å². The van der Waals surface area contributed by atoms with E-state index >= 15 is 0 Å². The molecule has 1 aromatic carbocycles. The van der Waals surface area contributed by atoms with Crippen LogP contribution in [-0.2, 0) is 0 Å². The summed E-state index contributed by atoms with van der Waals surface area (Å²) in [6, 6.07) is 16.0. The average Bonchev–Trinajstić information content (AvgIpc) is 3.31. The molecule has 4 heterocycles. The molecule has 0 radical (unpaired) electrons. The maximum atomic E-state index is 10.1. The van der Waals surface area contributed by atoms with Crippen LogP contribution in [0.3, 0.4) is 0 Å². The van der Waals surface area contributed by atoms with Crippen molar-refractivity contribution in [2.24, 2.45) is 0 Å². The number of benzene rings is 1. The molecule has 40 heavy (non-hydrogen) atoms. The molecule has 204 valence electrons. The number of fused-ring (bicyclic) bond motifs is 1. The quantitative estimate of drug-likeness (QED) is 0.257. The lowest BCUT2D eigenvalue weighted by Gasteiger charge is -2.39. The standard InChI is InChI=1S/C31H33N5O3Si/c1-31(2,37)21-38-26-14-28(30-24(15-32)17-34-36(30)20-26)23-8-11-29(33-16-23)35-18-27(19-35)39-25-9-6-22(7-10-25)12-13-40(3,4)5/h6-11,14,16-17,20,27,37H,18-19,21H2,1-5H3. The van der Waals surface area contributed by atoms with Gasteiger partial charge in [-0.05, 0) is 56.3 Å². The van der Waals surface area contributed by atoms with Gasteiger partial charge in [-0.3, -0.25) is 0 Å². The maximum Gasteiger partial charge on any atom is 0.138 e. The summed E-state index contributed by atoms with van der Waals surface area (Å²) in [4.78, 5) is 6.86. The Morgan fingerprint density at radius 2 is 1.82 bits per heavy atom. The van der Waals surface area contributed by atoms with Crippen LogP contribution < -0.4 is 14.4 Å². The van der Waals surface area contributed by atoms with Crippen molar-refractivity contribution < 1.29 is 14.6 Å². The van der Waals surface area contributed by atoms with E-state index in [1.54, 1.807) is 30.8 Å². The van der Waals surface area contributed by atoms with Gasteiger partial charge in [0.15, 0.2) is 0 Å².